The van der Waals surface area contributed by atoms with E-state index in [2.05, 4.69) is 33.2 Å². The minimum absolute atomic E-state index is 0.0458. The Morgan fingerprint density at radius 2 is 2.15 bits per heavy atom. The Labute approximate surface area is 135 Å². The van der Waals surface area contributed by atoms with Gasteiger partial charge in [0, 0.05) is 14.6 Å². The summed E-state index contributed by atoms with van der Waals surface area (Å²) in [6, 6.07) is 4.45. The fraction of sp³-hybridized carbons (Fsp3) is 0.385. The van der Waals surface area contributed by atoms with E-state index in [1.54, 1.807) is 18.2 Å². The first-order chi connectivity index (χ1) is 9.45. The summed E-state index contributed by atoms with van der Waals surface area (Å²) in [5, 5.41) is 14.9. The Bertz CT molecular complexity index is 534. The lowest BCUT2D eigenvalue weighted by Crippen LogP contribution is -2.40. The van der Waals surface area contributed by atoms with Crippen molar-refractivity contribution in [2.75, 3.05) is 5.32 Å². The molecule has 1 unspecified atom stereocenters. The lowest BCUT2D eigenvalue weighted by molar-refractivity contribution is -0.137. The van der Waals surface area contributed by atoms with Crippen molar-refractivity contribution in [1.29, 1.82) is 0 Å². The SMILES string of the molecule is O=C(O)CC(NC(=O)Nc1ccc(Cl)cc1I)C1CC1. The van der Waals surface area contributed by atoms with Crippen LogP contribution in [0, 0.1) is 9.49 Å². The second-order valence-corrected chi connectivity index (χ2v) is 6.36. The normalized spacial score (nSPS) is 15.5. The minimum Gasteiger partial charge on any atom is -0.481 e. The maximum atomic E-state index is 11.9. The number of halogens is 2. The van der Waals surface area contributed by atoms with Gasteiger partial charge in [0.2, 0.25) is 0 Å². The Hall–Kier alpha value is -1.02. The van der Waals surface area contributed by atoms with Crippen LogP contribution in [-0.2, 0) is 4.79 Å². The molecule has 1 saturated carbocycles. The number of carbonyl (C=O) groups excluding carboxylic acids is 1. The number of carboxylic acid groups (broad SMARTS) is 1. The number of carboxylic acids is 1. The van der Waals surface area contributed by atoms with Gasteiger partial charge in [-0.2, -0.15) is 0 Å². The van der Waals surface area contributed by atoms with Crippen LogP contribution in [0.2, 0.25) is 5.02 Å². The van der Waals surface area contributed by atoms with E-state index in [9.17, 15) is 9.59 Å². The van der Waals surface area contributed by atoms with Crippen LogP contribution < -0.4 is 10.6 Å². The molecule has 108 valence electrons. The highest BCUT2D eigenvalue weighted by atomic mass is 127. The molecule has 1 atom stereocenters. The van der Waals surface area contributed by atoms with E-state index in [0.717, 1.165) is 16.4 Å². The Morgan fingerprint density at radius 3 is 2.70 bits per heavy atom. The molecule has 7 heteroatoms. The lowest BCUT2D eigenvalue weighted by Gasteiger charge is -2.17. The van der Waals surface area contributed by atoms with Crippen LogP contribution in [0.4, 0.5) is 10.5 Å². The molecule has 1 aromatic rings. The molecular formula is C13H14ClIN2O3. The van der Waals surface area contributed by atoms with E-state index < -0.39 is 5.97 Å². The summed E-state index contributed by atoms with van der Waals surface area (Å²) in [4.78, 5) is 22.7. The summed E-state index contributed by atoms with van der Waals surface area (Å²) >= 11 is 7.92. The number of benzene rings is 1. The molecule has 3 N–H and O–H groups in total. The topological polar surface area (TPSA) is 78.4 Å². The van der Waals surface area contributed by atoms with Gasteiger partial charge in [-0.1, -0.05) is 11.6 Å². The number of rotatable bonds is 5. The zero-order valence-electron chi connectivity index (χ0n) is 10.5. The van der Waals surface area contributed by atoms with Crippen molar-refractivity contribution in [3.63, 3.8) is 0 Å². The number of anilines is 1. The number of hydrogen-bond acceptors (Lipinski definition) is 2. The first-order valence-electron chi connectivity index (χ1n) is 6.20. The quantitative estimate of drug-likeness (QED) is 0.654. The molecule has 1 fully saturated rings. The summed E-state index contributed by atoms with van der Waals surface area (Å²) in [7, 11) is 0. The second-order valence-electron chi connectivity index (χ2n) is 4.76. The van der Waals surface area contributed by atoms with Gasteiger partial charge in [-0.25, -0.2) is 4.79 Å². The van der Waals surface area contributed by atoms with Gasteiger partial charge in [-0.05, 0) is 59.5 Å². The molecule has 0 spiro atoms. The van der Waals surface area contributed by atoms with Crippen molar-refractivity contribution in [1.82, 2.24) is 5.32 Å². The van der Waals surface area contributed by atoms with Crippen LogP contribution in [0.25, 0.3) is 0 Å². The van der Waals surface area contributed by atoms with E-state index in [-0.39, 0.29) is 24.4 Å². The molecule has 0 aliphatic heterocycles. The van der Waals surface area contributed by atoms with Gasteiger partial charge in [0.1, 0.15) is 0 Å². The molecular weight excluding hydrogens is 395 g/mol. The van der Waals surface area contributed by atoms with Gasteiger partial charge in [-0.3, -0.25) is 4.79 Å². The zero-order chi connectivity index (χ0) is 14.7. The highest BCUT2D eigenvalue weighted by Crippen LogP contribution is 2.34. The molecule has 0 heterocycles. The molecule has 5 nitrogen and oxygen atoms in total. The largest absolute Gasteiger partial charge is 0.481 e. The summed E-state index contributed by atoms with van der Waals surface area (Å²) < 4.78 is 0.825. The number of hydrogen-bond donors (Lipinski definition) is 3. The van der Waals surface area contributed by atoms with Crippen LogP contribution in [0.5, 0.6) is 0 Å². The lowest BCUT2D eigenvalue weighted by atomic mass is 10.1. The summed E-state index contributed by atoms with van der Waals surface area (Å²) in [6.45, 7) is 0. The van der Waals surface area contributed by atoms with Crippen LogP contribution in [-0.4, -0.2) is 23.1 Å². The highest BCUT2D eigenvalue weighted by molar-refractivity contribution is 14.1. The zero-order valence-corrected chi connectivity index (χ0v) is 13.4. The molecule has 0 radical (unpaired) electrons. The Balaban J connectivity index is 1.95. The van der Waals surface area contributed by atoms with E-state index >= 15 is 0 Å². The molecule has 1 aliphatic carbocycles. The fourth-order valence-electron chi connectivity index (χ4n) is 1.94. The van der Waals surface area contributed by atoms with Crippen molar-refractivity contribution in [3.05, 3.63) is 26.8 Å². The van der Waals surface area contributed by atoms with Crippen molar-refractivity contribution >= 4 is 51.9 Å². The first-order valence-corrected chi connectivity index (χ1v) is 7.65. The Kier molecular flexibility index (Phi) is 5.09. The Morgan fingerprint density at radius 1 is 1.45 bits per heavy atom. The van der Waals surface area contributed by atoms with Gasteiger partial charge >= 0.3 is 12.0 Å². The minimum atomic E-state index is -0.900. The molecule has 1 aliphatic rings. The molecule has 20 heavy (non-hydrogen) atoms. The van der Waals surface area contributed by atoms with Crippen molar-refractivity contribution in [3.8, 4) is 0 Å². The monoisotopic (exact) mass is 408 g/mol. The van der Waals surface area contributed by atoms with Crippen LogP contribution in [0.1, 0.15) is 19.3 Å². The van der Waals surface area contributed by atoms with Crippen LogP contribution >= 0.6 is 34.2 Å². The number of aliphatic carboxylic acids is 1. The third-order valence-corrected chi connectivity index (χ3v) is 4.21. The van der Waals surface area contributed by atoms with Crippen LogP contribution in [0.15, 0.2) is 18.2 Å². The van der Waals surface area contributed by atoms with Crippen molar-refractivity contribution < 1.29 is 14.7 Å². The number of amides is 2. The van der Waals surface area contributed by atoms with E-state index in [1.165, 1.54) is 0 Å². The van der Waals surface area contributed by atoms with E-state index in [0.29, 0.717) is 10.7 Å². The molecule has 0 bridgehead atoms. The summed E-state index contributed by atoms with van der Waals surface area (Å²) in [5.41, 5.74) is 0.650. The predicted molar refractivity (Wildman–Crippen MR) is 85.1 cm³/mol. The number of urea groups is 1. The predicted octanol–water partition coefficient (Wildman–Crippen LogP) is 3.32. The number of carbonyl (C=O) groups is 2. The second kappa shape index (κ2) is 6.62. The van der Waals surface area contributed by atoms with Gasteiger partial charge in [0.05, 0.1) is 12.1 Å². The third kappa shape index (κ3) is 4.52. The number of nitrogens with one attached hydrogen (secondary N) is 2. The molecule has 2 amide bonds. The smallest absolute Gasteiger partial charge is 0.319 e. The first kappa shape index (κ1) is 15.4. The average molecular weight is 409 g/mol. The fourth-order valence-corrected chi connectivity index (χ4v) is 2.95. The maximum absolute atomic E-state index is 11.9. The van der Waals surface area contributed by atoms with Crippen LogP contribution in [0.3, 0.4) is 0 Å². The van der Waals surface area contributed by atoms with Crippen molar-refractivity contribution in [2.24, 2.45) is 5.92 Å². The van der Waals surface area contributed by atoms with Gasteiger partial charge in [0.25, 0.3) is 0 Å². The van der Waals surface area contributed by atoms with Crippen molar-refractivity contribution in [2.45, 2.75) is 25.3 Å². The summed E-state index contributed by atoms with van der Waals surface area (Å²) in [6.07, 6.45) is 1.89. The standard InChI is InChI=1S/C13H14ClIN2O3/c14-8-3-4-10(9(15)5-8)16-13(20)17-11(6-12(18)19)7-1-2-7/h3-5,7,11H,1-2,6H2,(H,18,19)(H2,16,17,20). The third-order valence-electron chi connectivity index (χ3n) is 3.08. The van der Waals surface area contributed by atoms with E-state index in [4.69, 9.17) is 16.7 Å². The average Bonchev–Trinajstić information content (AvgIpc) is 3.15. The molecule has 0 aromatic heterocycles. The molecule has 0 saturated heterocycles. The molecule has 2 rings (SSSR count). The van der Waals surface area contributed by atoms with Gasteiger partial charge in [0.15, 0.2) is 0 Å². The van der Waals surface area contributed by atoms with Gasteiger partial charge < -0.3 is 15.7 Å². The van der Waals surface area contributed by atoms with Gasteiger partial charge in [-0.15, -0.1) is 0 Å². The molecule has 1 aromatic carbocycles. The van der Waals surface area contributed by atoms with E-state index in [1.807, 2.05) is 0 Å². The highest BCUT2D eigenvalue weighted by Gasteiger charge is 2.33. The maximum Gasteiger partial charge on any atom is 0.319 e. The summed E-state index contributed by atoms with van der Waals surface area (Å²) in [5.74, 6) is -0.621.